The van der Waals surface area contributed by atoms with E-state index in [9.17, 15) is 8.42 Å². The summed E-state index contributed by atoms with van der Waals surface area (Å²) in [5, 5.41) is 5.45. The summed E-state index contributed by atoms with van der Waals surface area (Å²) in [5.41, 5.74) is 4.40. The average molecular weight is 488 g/mol. The summed E-state index contributed by atoms with van der Waals surface area (Å²) in [6.45, 7) is 0. The van der Waals surface area contributed by atoms with Crippen LogP contribution in [-0.2, 0) is 9.84 Å². The quantitative estimate of drug-likeness (QED) is 0.353. The number of sulfone groups is 1. The van der Waals surface area contributed by atoms with Gasteiger partial charge >= 0.3 is 0 Å². The molecule has 0 unspecified atom stereocenters. The largest absolute Gasteiger partial charge is 0.232 e. The second-order valence-corrected chi connectivity index (χ2v) is 9.97. The lowest BCUT2D eigenvalue weighted by molar-refractivity contribution is 0.602. The van der Waals surface area contributed by atoms with Gasteiger partial charge in [-0.1, -0.05) is 51.8 Å². The topological polar surface area (TPSA) is 52.0 Å². The second-order valence-electron chi connectivity index (χ2n) is 6.61. The number of benzene rings is 3. The number of hydrogen-bond donors (Lipinski definition) is 0. The minimum Gasteiger partial charge on any atom is -0.232 e. The summed E-state index contributed by atoms with van der Waals surface area (Å²) in [7, 11) is -3.26. The van der Waals surface area contributed by atoms with E-state index < -0.39 is 9.84 Å². The van der Waals surface area contributed by atoms with Crippen LogP contribution in [0.1, 0.15) is 0 Å². The predicted octanol–water partition coefficient (Wildman–Crippen LogP) is 6.03. The van der Waals surface area contributed by atoms with Crippen molar-refractivity contribution >= 4 is 37.4 Å². The minimum atomic E-state index is -3.26. The van der Waals surface area contributed by atoms with Crippen LogP contribution in [0.4, 0.5) is 0 Å². The smallest absolute Gasteiger partial charge is 0.175 e. The van der Waals surface area contributed by atoms with Crippen LogP contribution in [0.25, 0.3) is 28.2 Å². The maximum Gasteiger partial charge on any atom is 0.175 e. The summed E-state index contributed by atoms with van der Waals surface area (Å²) in [5.74, 6) is 0. The summed E-state index contributed by atoms with van der Waals surface area (Å²) >= 11 is 9.50. The Morgan fingerprint density at radius 1 is 0.862 bits per heavy atom. The van der Waals surface area contributed by atoms with Crippen molar-refractivity contribution in [2.45, 2.75) is 4.90 Å². The molecule has 0 amide bonds. The van der Waals surface area contributed by atoms with Crippen LogP contribution in [0.15, 0.2) is 88.2 Å². The Hall–Kier alpha value is -2.41. The average Bonchev–Trinajstić information content (AvgIpc) is 3.14. The van der Waals surface area contributed by atoms with Gasteiger partial charge in [-0.05, 0) is 54.6 Å². The third-order valence-corrected chi connectivity index (χ3v) is 6.41. The first-order chi connectivity index (χ1) is 13.8. The van der Waals surface area contributed by atoms with Crippen LogP contribution in [0, 0.1) is 0 Å². The maximum absolute atomic E-state index is 11.8. The summed E-state index contributed by atoms with van der Waals surface area (Å²) in [6, 6.07) is 24.2. The monoisotopic (exact) mass is 486 g/mol. The van der Waals surface area contributed by atoms with Gasteiger partial charge in [0.25, 0.3) is 0 Å². The van der Waals surface area contributed by atoms with Crippen molar-refractivity contribution in [3.05, 3.63) is 88.4 Å². The van der Waals surface area contributed by atoms with Gasteiger partial charge in [0.2, 0.25) is 0 Å². The molecule has 0 fully saturated rings. The fourth-order valence-electron chi connectivity index (χ4n) is 3.00. The SMILES string of the molecule is CS(=O)(=O)c1ccc(-n2nc(-c3ccc(Br)cc3)cc2-c2ccc(Cl)cc2)cc1. The number of rotatable bonds is 4. The highest BCUT2D eigenvalue weighted by Gasteiger charge is 2.14. The Bertz CT molecular complexity index is 1260. The maximum atomic E-state index is 11.8. The molecule has 0 atom stereocenters. The molecule has 4 rings (SSSR count). The number of aromatic nitrogens is 2. The molecule has 0 aliphatic heterocycles. The highest BCUT2D eigenvalue weighted by atomic mass is 79.9. The molecular formula is C22H16BrClN2O2S. The highest BCUT2D eigenvalue weighted by molar-refractivity contribution is 9.10. The molecule has 1 heterocycles. The second kappa shape index (κ2) is 7.78. The van der Waals surface area contributed by atoms with Crippen molar-refractivity contribution in [2.24, 2.45) is 0 Å². The third kappa shape index (κ3) is 4.29. The molecule has 4 aromatic rings. The van der Waals surface area contributed by atoms with Gasteiger partial charge < -0.3 is 0 Å². The first kappa shape index (κ1) is 19.9. The van der Waals surface area contributed by atoms with Crippen molar-refractivity contribution < 1.29 is 8.42 Å². The fourth-order valence-corrected chi connectivity index (χ4v) is 4.02. The zero-order chi connectivity index (χ0) is 20.6. The molecule has 1 aromatic heterocycles. The Morgan fingerprint density at radius 3 is 2.03 bits per heavy atom. The van der Waals surface area contributed by atoms with Crippen molar-refractivity contribution in [2.75, 3.05) is 6.26 Å². The Kier molecular flexibility index (Phi) is 5.34. The normalized spacial score (nSPS) is 11.6. The van der Waals surface area contributed by atoms with Crippen molar-refractivity contribution in [3.8, 4) is 28.2 Å². The van der Waals surface area contributed by atoms with Gasteiger partial charge in [0.15, 0.2) is 9.84 Å². The van der Waals surface area contributed by atoms with E-state index in [1.54, 1.807) is 24.3 Å². The Morgan fingerprint density at radius 2 is 1.45 bits per heavy atom. The number of nitrogens with zero attached hydrogens (tertiary/aromatic N) is 2. The van der Waals surface area contributed by atoms with E-state index >= 15 is 0 Å². The van der Waals surface area contributed by atoms with Crippen LogP contribution < -0.4 is 0 Å². The molecule has 29 heavy (non-hydrogen) atoms. The van der Waals surface area contributed by atoms with E-state index in [-0.39, 0.29) is 4.90 Å². The first-order valence-electron chi connectivity index (χ1n) is 8.74. The molecule has 0 N–H and O–H groups in total. The molecule has 0 radical (unpaired) electrons. The van der Waals surface area contributed by atoms with Crippen molar-refractivity contribution in [1.82, 2.24) is 9.78 Å². The Labute approximate surface area is 182 Å². The van der Waals surface area contributed by atoms with Gasteiger partial charge in [-0.2, -0.15) is 5.10 Å². The van der Waals surface area contributed by atoms with Crippen molar-refractivity contribution in [1.29, 1.82) is 0 Å². The van der Waals surface area contributed by atoms with E-state index in [0.717, 1.165) is 32.7 Å². The van der Waals surface area contributed by atoms with E-state index in [1.807, 2.05) is 59.3 Å². The van der Waals surface area contributed by atoms with Gasteiger partial charge in [0.05, 0.1) is 22.0 Å². The van der Waals surface area contributed by atoms with Crippen LogP contribution in [0.2, 0.25) is 5.02 Å². The molecule has 4 nitrogen and oxygen atoms in total. The highest BCUT2D eigenvalue weighted by Crippen LogP contribution is 2.30. The molecular weight excluding hydrogens is 472 g/mol. The minimum absolute atomic E-state index is 0.273. The molecule has 0 bridgehead atoms. The van der Waals surface area contributed by atoms with E-state index in [1.165, 1.54) is 6.26 Å². The standard InChI is InChI=1S/C22H16BrClN2O2S/c1-29(27,28)20-12-10-19(11-13-20)26-22(16-4-8-18(24)9-5-16)14-21(25-26)15-2-6-17(23)7-3-15/h2-14H,1H3. The molecule has 0 saturated carbocycles. The summed E-state index contributed by atoms with van der Waals surface area (Å²) in [6.07, 6.45) is 1.20. The molecule has 7 heteroatoms. The van der Waals surface area contributed by atoms with Crippen LogP contribution in [0.5, 0.6) is 0 Å². The molecule has 0 aliphatic rings. The van der Waals surface area contributed by atoms with Gasteiger partial charge in [0, 0.05) is 26.9 Å². The third-order valence-electron chi connectivity index (χ3n) is 4.50. The van der Waals surface area contributed by atoms with Crippen LogP contribution in [-0.4, -0.2) is 24.5 Å². The van der Waals surface area contributed by atoms with Crippen LogP contribution >= 0.6 is 27.5 Å². The molecule has 0 saturated heterocycles. The number of halogens is 2. The molecule has 0 aliphatic carbocycles. The zero-order valence-corrected chi connectivity index (χ0v) is 18.5. The molecule has 0 spiro atoms. The van der Waals surface area contributed by atoms with Crippen molar-refractivity contribution in [3.63, 3.8) is 0 Å². The van der Waals surface area contributed by atoms with Crippen LogP contribution in [0.3, 0.4) is 0 Å². The first-order valence-corrected chi connectivity index (χ1v) is 11.8. The number of hydrogen-bond acceptors (Lipinski definition) is 3. The lowest BCUT2D eigenvalue weighted by Gasteiger charge is -2.08. The fraction of sp³-hybridized carbons (Fsp3) is 0.0455. The lowest BCUT2D eigenvalue weighted by Crippen LogP contribution is -2.01. The predicted molar refractivity (Wildman–Crippen MR) is 120 cm³/mol. The summed E-state index contributed by atoms with van der Waals surface area (Å²) in [4.78, 5) is 0.273. The zero-order valence-electron chi connectivity index (χ0n) is 15.4. The molecule has 3 aromatic carbocycles. The Balaban J connectivity index is 1.86. The van der Waals surface area contributed by atoms with E-state index in [0.29, 0.717) is 5.02 Å². The van der Waals surface area contributed by atoms with Gasteiger partial charge in [-0.15, -0.1) is 0 Å². The lowest BCUT2D eigenvalue weighted by atomic mass is 10.1. The van der Waals surface area contributed by atoms with Gasteiger partial charge in [-0.25, -0.2) is 13.1 Å². The molecule has 146 valence electrons. The van der Waals surface area contributed by atoms with E-state index in [4.69, 9.17) is 16.7 Å². The van der Waals surface area contributed by atoms with Gasteiger partial charge in [0.1, 0.15) is 0 Å². The summed E-state index contributed by atoms with van der Waals surface area (Å²) < 4.78 is 26.4. The van der Waals surface area contributed by atoms with E-state index in [2.05, 4.69) is 15.9 Å². The van der Waals surface area contributed by atoms with Gasteiger partial charge in [-0.3, -0.25) is 0 Å².